The topological polar surface area (TPSA) is 76.1 Å². The Hall–Kier alpha value is -2.48. The number of carbonyl (C=O) groups excluding carboxylic acids is 2. The predicted molar refractivity (Wildman–Crippen MR) is 137 cm³/mol. The summed E-state index contributed by atoms with van der Waals surface area (Å²) in [5.74, 6) is 0. The molecular weight excluding hydrogens is 475 g/mol. The smallest absolute Gasteiger partial charge is 0.315 e. The Kier molecular flexibility index (Phi) is 8.68. The van der Waals surface area contributed by atoms with Crippen molar-refractivity contribution in [1.82, 2.24) is 9.96 Å². The Balaban J connectivity index is 1.87. The Bertz CT molecular complexity index is 983. The van der Waals surface area contributed by atoms with Gasteiger partial charge in [0.05, 0.1) is 5.54 Å². The van der Waals surface area contributed by atoms with Crippen LogP contribution in [-0.4, -0.2) is 45.5 Å². The number of nitrogens with zero attached hydrogens (tertiary/aromatic N) is 3. The van der Waals surface area contributed by atoms with Crippen molar-refractivity contribution in [2.75, 3.05) is 16.8 Å². The third-order valence-corrected chi connectivity index (χ3v) is 6.64. The van der Waals surface area contributed by atoms with Crippen LogP contribution in [0.1, 0.15) is 52.9 Å². The molecule has 3 rings (SSSR count). The third kappa shape index (κ3) is 5.77. The number of hydrogen-bond donors (Lipinski definition) is 2. The van der Waals surface area contributed by atoms with Gasteiger partial charge in [-0.25, -0.2) is 9.59 Å². The highest BCUT2D eigenvalue weighted by atomic mass is 35.5. The summed E-state index contributed by atoms with van der Waals surface area (Å²) in [6.07, 6.45) is 4.30. The van der Waals surface area contributed by atoms with Crippen molar-refractivity contribution in [1.29, 1.82) is 0 Å². The first-order valence-corrected chi connectivity index (χ1v) is 12.3. The highest BCUT2D eigenvalue weighted by Crippen LogP contribution is 2.38. The summed E-state index contributed by atoms with van der Waals surface area (Å²) in [7, 11) is 0. The zero-order chi connectivity index (χ0) is 24.9. The van der Waals surface area contributed by atoms with Crippen molar-refractivity contribution in [3.8, 4) is 0 Å². The van der Waals surface area contributed by atoms with Gasteiger partial charge in [0.25, 0.3) is 0 Å². The summed E-state index contributed by atoms with van der Waals surface area (Å²) in [5.41, 5.74) is 0.147. The lowest BCUT2D eigenvalue weighted by molar-refractivity contribution is -0.0949. The maximum Gasteiger partial charge on any atom is 0.347 e. The number of anilines is 2. The molecule has 0 unspecified atom stereocenters. The first kappa shape index (κ1) is 26.1. The van der Waals surface area contributed by atoms with E-state index in [1.807, 2.05) is 13.8 Å². The van der Waals surface area contributed by atoms with Gasteiger partial charge in [0.15, 0.2) is 6.17 Å². The molecule has 2 aromatic rings. The van der Waals surface area contributed by atoms with Crippen molar-refractivity contribution >= 4 is 46.6 Å². The molecule has 0 radical (unpaired) electrons. The first-order valence-electron chi connectivity index (χ1n) is 11.6. The average Bonchev–Trinajstić information content (AvgIpc) is 3.00. The molecule has 1 heterocycles. The van der Waals surface area contributed by atoms with Gasteiger partial charge in [-0.05, 0) is 68.8 Å². The monoisotopic (exact) mass is 506 g/mol. The molecule has 0 aliphatic carbocycles. The molecule has 1 atom stereocenters. The molecule has 1 aliphatic rings. The number of unbranched alkanes of at least 4 members (excludes halogenated alkanes) is 4. The molecule has 0 bridgehead atoms. The van der Waals surface area contributed by atoms with Gasteiger partial charge in [0, 0.05) is 28.0 Å². The number of nitrogens with one attached hydrogen (secondary N) is 1. The molecule has 0 saturated carbocycles. The predicted octanol–water partition coefficient (Wildman–Crippen LogP) is 7.23. The van der Waals surface area contributed by atoms with E-state index < -0.39 is 17.7 Å². The highest BCUT2D eigenvalue weighted by molar-refractivity contribution is 6.31. The molecule has 0 spiro atoms. The molecule has 2 aromatic carbocycles. The molecule has 7 nitrogen and oxygen atoms in total. The Morgan fingerprint density at radius 3 is 2.15 bits per heavy atom. The number of amides is 4. The summed E-state index contributed by atoms with van der Waals surface area (Å²) < 4.78 is 0. The molecule has 1 saturated heterocycles. The van der Waals surface area contributed by atoms with E-state index in [0.29, 0.717) is 33.0 Å². The number of carbonyl (C=O) groups is 2. The fourth-order valence-corrected chi connectivity index (χ4v) is 4.53. The normalized spacial score (nSPS) is 17.2. The SMILES string of the molecule is CCCCCCCN1C(=O)N(c2ccc(Cl)cc2)[C@H](N(O)C(=O)Nc2ccc(Cl)cc2)C1(C)C. The molecule has 9 heteroatoms. The standard InChI is InChI=1S/C25H32Cl2N4O3/c1-4-5-6-7-8-17-29-24(33)30(21-15-11-19(27)12-16-21)22(25(29,2)3)31(34)23(32)28-20-13-9-18(26)10-14-20/h9-16,22,34H,4-8,17H2,1-3H3,(H,28,32)/t22-/m1/s1. The average molecular weight is 507 g/mol. The lowest BCUT2D eigenvalue weighted by Gasteiger charge is -2.38. The first-order chi connectivity index (χ1) is 16.2. The van der Waals surface area contributed by atoms with Gasteiger partial charge in [0.2, 0.25) is 0 Å². The number of halogens is 2. The van der Waals surface area contributed by atoms with Gasteiger partial charge in [0.1, 0.15) is 0 Å². The number of hydrogen-bond acceptors (Lipinski definition) is 3. The number of hydroxylamine groups is 2. The molecule has 4 amide bonds. The van der Waals surface area contributed by atoms with Gasteiger partial charge in [-0.1, -0.05) is 55.8 Å². The van der Waals surface area contributed by atoms with Crippen LogP contribution < -0.4 is 10.2 Å². The van der Waals surface area contributed by atoms with E-state index in [1.54, 1.807) is 53.4 Å². The summed E-state index contributed by atoms with van der Waals surface area (Å²) in [4.78, 5) is 29.8. The van der Waals surface area contributed by atoms with E-state index >= 15 is 0 Å². The fraction of sp³-hybridized carbons (Fsp3) is 0.440. The van der Waals surface area contributed by atoms with Crippen molar-refractivity contribution < 1.29 is 14.8 Å². The lowest BCUT2D eigenvalue weighted by atomic mass is 9.99. The Morgan fingerprint density at radius 1 is 1.00 bits per heavy atom. The van der Waals surface area contributed by atoms with Crippen LogP contribution in [0.25, 0.3) is 0 Å². The molecule has 184 valence electrons. The van der Waals surface area contributed by atoms with Crippen molar-refractivity contribution in [2.45, 2.75) is 64.6 Å². The van der Waals surface area contributed by atoms with E-state index in [9.17, 15) is 14.8 Å². The highest BCUT2D eigenvalue weighted by Gasteiger charge is 2.55. The molecule has 0 aromatic heterocycles. The Labute approximate surface area is 211 Å². The van der Waals surface area contributed by atoms with Crippen molar-refractivity contribution in [3.63, 3.8) is 0 Å². The van der Waals surface area contributed by atoms with Crippen LogP contribution in [0.2, 0.25) is 10.0 Å². The van der Waals surface area contributed by atoms with E-state index in [4.69, 9.17) is 23.2 Å². The van der Waals surface area contributed by atoms with E-state index in [2.05, 4.69) is 12.2 Å². The summed E-state index contributed by atoms with van der Waals surface area (Å²) in [5, 5.41) is 15.4. The minimum Gasteiger partial charge on any atom is -0.315 e. The quantitative estimate of drug-likeness (QED) is 0.214. The van der Waals surface area contributed by atoms with Crippen LogP contribution in [0.5, 0.6) is 0 Å². The molecule has 1 aliphatic heterocycles. The zero-order valence-corrected chi connectivity index (χ0v) is 21.3. The van der Waals surface area contributed by atoms with Crippen molar-refractivity contribution in [3.05, 3.63) is 58.6 Å². The lowest BCUT2D eigenvalue weighted by Crippen LogP contribution is -2.58. The van der Waals surface area contributed by atoms with E-state index in [-0.39, 0.29) is 6.03 Å². The largest absolute Gasteiger partial charge is 0.347 e. The minimum absolute atomic E-state index is 0.272. The summed E-state index contributed by atoms with van der Waals surface area (Å²) in [6, 6.07) is 12.3. The van der Waals surface area contributed by atoms with Crippen LogP contribution in [0, 0.1) is 0 Å². The van der Waals surface area contributed by atoms with Gasteiger partial charge in [-0.3, -0.25) is 10.1 Å². The minimum atomic E-state index is -0.968. The van der Waals surface area contributed by atoms with Gasteiger partial charge >= 0.3 is 12.1 Å². The molecule has 2 N–H and O–H groups in total. The van der Waals surface area contributed by atoms with E-state index in [0.717, 1.165) is 32.1 Å². The van der Waals surface area contributed by atoms with E-state index in [1.165, 1.54) is 4.90 Å². The van der Waals surface area contributed by atoms with Gasteiger partial charge in [-0.2, -0.15) is 5.06 Å². The summed E-state index contributed by atoms with van der Waals surface area (Å²) in [6.45, 7) is 6.40. The van der Waals surface area contributed by atoms with Crippen LogP contribution in [0.4, 0.5) is 21.0 Å². The fourth-order valence-electron chi connectivity index (χ4n) is 4.28. The Morgan fingerprint density at radius 2 is 1.56 bits per heavy atom. The molecule has 34 heavy (non-hydrogen) atoms. The van der Waals surface area contributed by atoms with Crippen LogP contribution in [-0.2, 0) is 0 Å². The number of benzene rings is 2. The van der Waals surface area contributed by atoms with Crippen LogP contribution >= 0.6 is 23.2 Å². The second-order valence-corrected chi connectivity index (χ2v) is 9.88. The maximum absolute atomic E-state index is 13.6. The zero-order valence-electron chi connectivity index (χ0n) is 19.8. The van der Waals surface area contributed by atoms with Crippen LogP contribution in [0.15, 0.2) is 48.5 Å². The number of urea groups is 2. The number of rotatable bonds is 9. The second-order valence-electron chi connectivity index (χ2n) is 9.00. The molecule has 1 fully saturated rings. The maximum atomic E-state index is 13.6. The van der Waals surface area contributed by atoms with Crippen LogP contribution in [0.3, 0.4) is 0 Å². The van der Waals surface area contributed by atoms with Crippen molar-refractivity contribution in [2.24, 2.45) is 0 Å². The van der Waals surface area contributed by atoms with Gasteiger partial charge in [-0.15, -0.1) is 0 Å². The van der Waals surface area contributed by atoms with Gasteiger partial charge < -0.3 is 10.2 Å². The molecular formula is C25H32Cl2N4O3. The summed E-state index contributed by atoms with van der Waals surface area (Å²) >= 11 is 12.0. The second kappa shape index (κ2) is 11.3. The third-order valence-electron chi connectivity index (χ3n) is 6.13.